The van der Waals surface area contributed by atoms with E-state index in [9.17, 15) is 9.59 Å². The summed E-state index contributed by atoms with van der Waals surface area (Å²) in [5.41, 5.74) is 1.57. The molecule has 24 heavy (non-hydrogen) atoms. The molecule has 124 valence electrons. The standard InChI is InChI=1S/C19H21N3O2/c1-21-11-10-14-8-5-9-16(17(14)21)22-18(23)15(20-19(22)24)12-13-6-3-2-4-7-13/h2-3,5,8-11,13,15H,4,6-7,12H2,1H3,(H,20,24). The van der Waals surface area contributed by atoms with Crippen molar-refractivity contribution < 1.29 is 9.59 Å². The van der Waals surface area contributed by atoms with Crippen molar-refractivity contribution in [3.8, 4) is 0 Å². The molecular weight excluding hydrogens is 302 g/mol. The van der Waals surface area contributed by atoms with Crippen LogP contribution in [0.4, 0.5) is 10.5 Å². The van der Waals surface area contributed by atoms with Crippen LogP contribution < -0.4 is 10.2 Å². The molecule has 0 bridgehead atoms. The van der Waals surface area contributed by atoms with E-state index in [4.69, 9.17) is 0 Å². The summed E-state index contributed by atoms with van der Waals surface area (Å²) in [6.45, 7) is 0. The second kappa shape index (κ2) is 5.82. The highest BCUT2D eigenvalue weighted by atomic mass is 16.2. The number of hydrogen-bond donors (Lipinski definition) is 1. The minimum atomic E-state index is -0.412. The van der Waals surface area contributed by atoms with Crippen molar-refractivity contribution >= 4 is 28.5 Å². The third kappa shape index (κ3) is 2.40. The largest absolute Gasteiger partial charge is 0.349 e. The molecule has 1 saturated heterocycles. The SMILES string of the molecule is Cn1ccc2cccc(N3C(=O)NC(CC4CC=CCC4)C3=O)c21. The number of hydrogen-bond acceptors (Lipinski definition) is 2. The first-order valence-electron chi connectivity index (χ1n) is 8.48. The predicted molar refractivity (Wildman–Crippen MR) is 93.8 cm³/mol. The highest BCUT2D eigenvalue weighted by molar-refractivity contribution is 6.24. The van der Waals surface area contributed by atoms with Crippen molar-refractivity contribution in [1.29, 1.82) is 0 Å². The van der Waals surface area contributed by atoms with E-state index in [2.05, 4.69) is 17.5 Å². The van der Waals surface area contributed by atoms with Crippen LogP contribution in [0.15, 0.2) is 42.6 Å². The third-order valence-electron chi connectivity index (χ3n) is 5.08. The molecule has 1 aliphatic carbocycles. The topological polar surface area (TPSA) is 54.3 Å². The summed E-state index contributed by atoms with van der Waals surface area (Å²) < 4.78 is 1.95. The van der Waals surface area contributed by atoms with Crippen LogP contribution in [0, 0.1) is 5.92 Å². The Bertz CT molecular complexity index is 836. The van der Waals surface area contributed by atoms with Gasteiger partial charge < -0.3 is 9.88 Å². The van der Waals surface area contributed by atoms with Gasteiger partial charge in [-0.25, -0.2) is 9.69 Å². The Labute approximate surface area is 140 Å². The molecular formula is C19H21N3O2. The Morgan fingerprint density at radius 1 is 1.21 bits per heavy atom. The van der Waals surface area contributed by atoms with Crippen LogP contribution >= 0.6 is 0 Å². The molecule has 1 aliphatic heterocycles. The summed E-state index contributed by atoms with van der Waals surface area (Å²) in [4.78, 5) is 26.7. The number of carbonyl (C=O) groups is 2. The van der Waals surface area contributed by atoms with Gasteiger partial charge in [0.15, 0.2) is 0 Å². The molecule has 5 heteroatoms. The number of urea groups is 1. The van der Waals surface area contributed by atoms with Crippen molar-refractivity contribution in [2.45, 2.75) is 31.7 Å². The molecule has 0 radical (unpaired) electrons. The number of rotatable bonds is 3. The lowest BCUT2D eigenvalue weighted by atomic mass is 9.88. The number of para-hydroxylation sites is 1. The highest BCUT2D eigenvalue weighted by Gasteiger charge is 2.40. The monoisotopic (exact) mass is 323 g/mol. The minimum absolute atomic E-state index is 0.136. The van der Waals surface area contributed by atoms with E-state index in [1.807, 2.05) is 42.1 Å². The zero-order chi connectivity index (χ0) is 16.7. The summed E-state index contributed by atoms with van der Waals surface area (Å²) in [7, 11) is 1.93. The normalized spacial score (nSPS) is 24.0. The van der Waals surface area contributed by atoms with Gasteiger partial charge in [0.05, 0.1) is 11.2 Å². The van der Waals surface area contributed by atoms with E-state index < -0.39 is 6.04 Å². The number of aromatic nitrogens is 1. The van der Waals surface area contributed by atoms with Gasteiger partial charge in [0.25, 0.3) is 5.91 Å². The molecule has 2 aliphatic rings. The van der Waals surface area contributed by atoms with Crippen molar-refractivity contribution in [1.82, 2.24) is 9.88 Å². The van der Waals surface area contributed by atoms with Crippen LogP contribution in [0.1, 0.15) is 25.7 Å². The van der Waals surface area contributed by atoms with E-state index in [0.717, 1.165) is 30.2 Å². The van der Waals surface area contributed by atoms with Gasteiger partial charge in [0.2, 0.25) is 0 Å². The highest BCUT2D eigenvalue weighted by Crippen LogP contribution is 2.31. The maximum Gasteiger partial charge on any atom is 0.329 e. The Balaban J connectivity index is 1.63. The zero-order valence-corrected chi connectivity index (χ0v) is 13.7. The first kappa shape index (κ1) is 15.0. The van der Waals surface area contributed by atoms with Crippen LogP contribution in [0.3, 0.4) is 0 Å². The number of nitrogens with one attached hydrogen (secondary N) is 1. The van der Waals surface area contributed by atoms with Crippen LogP contribution in [-0.4, -0.2) is 22.5 Å². The zero-order valence-electron chi connectivity index (χ0n) is 13.7. The number of aryl methyl sites for hydroxylation is 1. The first-order valence-corrected chi connectivity index (χ1v) is 8.48. The number of allylic oxidation sites excluding steroid dienone is 2. The minimum Gasteiger partial charge on any atom is -0.349 e. The molecule has 5 nitrogen and oxygen atoms in total. The second-order valence-electron chi connectivity index (χ2n) is 6.70. The maximum absolute atomic E-state index is 12.9. The van der Waals surface area contributed by atoms with Crippen molar-refractivity contribution in [2.24, 2.45) is 13.0 Å². The molecule has 2 atom stereocenters. The van der Waals surface area contributed by atoms with Gasteiger partial charge in [-0.05, 0) is 43.7 Å². The molecule has 2 aromatic rings. The van der Waals surface area contributed by atoms with E-state index in [-0.39, 0.29) is 11.9 Å². The van der Waals surface area contributed by atoms with E-state index in [1.54, 1.807) is 0 Å². The Hall–Kier alpha value is -2.56. The lowest BCUT2D eigenvalue weighted by Gasteiger charge is -2.20. The molecule has 1 fully saturated rings. The molecule has 1 aromatic carbocycles. The summed E-state index contributed by atoms with van der Waals surface area (Å²) in [5.74, 6) is 0.332. The average molecular weight is 323 g/mol. The molecule has 4 rings (SSSR count). The van der Waals surface area contributed by atoms with Gasteiger partial charge in [-0.1, -0.05) is 24.3 Å². The van der Waals surface area contributed by atoms with Crippen LogP contribution in [0.25, 0.3) is 10.9 Å². The summed E-state index contributed by atoms with van der Waals surface area (Å²) in [5, 5.41) is 3.90. The van der Waals surface area contributed by atoms with Gasteiger partial charge in [0.1, 0.15) is 6.04 Å². The van der Waals surface area contributed by atoms with Gasteiger partial charge in [-0.2, -0.15) is 0 Å². The number of carbonyl (C=O) groups excluding carboxylic acids is 2. The quantitative estimate of drug-likeness (QED) is 0.695. The maximum atomic E-state index is 12.9. The molecule has 2 heterocycles. The Morgan fingerprint density at radius 3 is 2.88 bits per heavy atom. The number of amides is 3. The van der Waals surface area contributed by atoms with E-state index in [0.29, 0.717) is 18.0 Å². The Morgan fingerprint density at radius 2 is 2.08 bits per heavy atom. The molecule has 0 saturated carbocycles. The van der Waals surface area contributed by atoms with Gasteiger partial charge in [-0.15, -0.1) is 0 Å². The fourth-order valence-corrected chi connectivity index (χ4v) is 3.84. The average Bonchev–Trinajstić information content (AvgIpc) is 3.09. The smallest absolute Gasteiger partial charge is 0.329 e. The first-order chi connectivity index (χ1) is 11.6. The van der Waals surface area contributed by atoms with Gasteiger partial charge in [0, 0.05) is 18.6 Å². The summed E-state index contributed by atoms with van der Waals surface area (Å²) in [6, 6.07) is 6.98. The lowest BCUT2D eigenvalue weighted by molar-refractivity contribution is -0.118. The fraction of sp³-hybridized carbons (Fsp3) is 0.368. The molecule has 1 N–H and O–H groups in total. The van der Waals surface area contributed by atoms with Crippen molar-refractivity contribution in [3.63, 3.8) is 0 Å². The van der Waals surface area contributed by atoms with E-state index >= 15 is 0 Å². The lowest BCUT2D eigenvalue weighted by Crippen LogP contribution is -2.32. The van der Waals surface area contributed by atoms with Crippen LogP contribution in [0.2, 0.25) is 0 Å². The number of benzene rings is 1. The number of fused-ring (bicyclic) bond motifs is 1. The molecule has 1 aromatic heterocycles. The third-order valence-corrected chi connectivity index (χ3v) is 5.08. The number of anilines is 1. The van der Waals surface area contributed by atoms with Crippen molar-refractivity contribution in [3.05, 3.63) is 42.6 Å². The molecule has 2 unspecified atom stereocenters. The van der Waals surface area contributed by atoms with Gasteiger partial charge in [-0.3, -0.25) is 4.79 Å². The summed E-state index contributed by atoms with van der Waals surface area (Å²) >= 11 is 0. The fourth-order valence-electron chi connectivity index (χ4n) is 3.84. The van der Waals surface area contributed by atoms with Crippen molar-refractivity contribution in [2.75, 3.05) is 4.90 Å². The van der Waals surface area contributed by atoms with Gasteiger partial charge >= 0.3 is 6.03 Å². The van der Waals surface area contributed by atoms with Crippen LogP contribution in [0.5, 0.6) is 0 Å². The van der Waals surface area contributed by atoms with E-state index in [1.165, 1.54) is 4.90 Å². The number of nitrogens with zero attached hydrogens (tertiary/aromatic N) is 2. The van der Waals surface area contributed by atoms with Crippen LogP contribution in [-0.2, 0) is 11.8 Å². The predicted octanol–water partition coefficient (Wildman–Crippen LogP) is 3.35. The summed E-state index contributed by atoms with van der Waals surface area (Å²) in [6.07, 6.45) is 10.2. The second-order valence-corrected chi connectivity index (χ2v) is 6.70. The molecule has 0 spiro atoms. The molecule has 3 amide bonds. The Kier molecular flexibility index (Phi) is 3.63. The number of imide groups is 1.